The first-order valence-corrected chi connectivity index (χ1v) is 12.3. The molecule has 0 aliphatic rings. The van der Waals surface area contributed by atoms with Crippen molar-refractivity contribution in [3.8, 4) is 17.6 Å². The lowest BCUT2D eigenvalue weighted by Gasteiger charge is -2.34. The summed E-state index contributed by atoms with van der Waals surface area (Å²) in [6, 6.07) is 12.8. The molecule has 3 N–H and O–H groups in total. The summed E-state index contributed by atoms with van der Waals surface area (Å²) in [5.74, 6) is 6.67. The van der Waals surface area contributed by atoms with Gasteiger partial charge in [0.2, 0.25) is 0 Å². The Bertz CT molecular complexity index is 999. The summed E-state index contributed by atoms with van der Waals surface area (Å²) in [5.41, 5.74) is 5.17. The van der Waals surface area contributed by atoms with E-state index < -0.39 is 6.10 Å². The van der Waals surface area contributed by atoms with Crippen molar-refractivity contribution in [1.29, 1.82) is 0 Å². The first-order valence-electron chi connectivity index (χ1n) is 12.3. The Hall–Kier alpha value is -2.32. The molecule has 1 unspecified atom stereocenters. The molecular weight excluding hydrogens is 424 g/mol. The summed E-state index contributed by atoms with van der Waals surface area (Å²) >= 11 is 0. The lowest BCUT2D eigenvalue weighted by molar-refractivity contribution is 0.106. The monoisotopic (exact) mass is 466 g/mol. The van der Waals surface area contributed by atoms with Gasteiger partial charge in [0, 0.05) is 16.9 Å². The van der Waals surface area contributed by atoms with Gasteiger partial charge in [-0.1, -0.05) is 70.7 Å². The van der Waals surface area contributed by atoms with Crippen LogP contribution in [-0.4, -0.2) is 41.2 Å². The average molecular weight is 467 g/mol. The lowest BCUT2D eigenvalue weighted by Crippen LogP contribution is -2.26. The number of rotatable bonds is 9. The highest BCUT2D eigenvalue weighted by molar-refractivity contribution is 5.50. The Kier molecular flexibility index (Phi) is 9.76. The maximum Gasteiger partial charge on any atom is 0.122 e. The molecule has 0 saturated heterocycles. The minimum Gasteiger partial charge on any atom is -0.493 e. The van der Waals surface area contributed by atoms with Gasteiger partial charge >= 0.3 is 0 Å². The number of aliphatic hydroxyl groups is 3. The Morgan fingerprint density at radius 2 is 1.44 bits per heavy atom. The normalized spacial score (nSPS) is 12.9. The Labute approximate surface area is 206 Å². The van der Waals surface area contributed by atoms with Crippen molar-refractivity contribution < 1.29 is 20.1 Å². The van der Waals surface area contributed by atoms with Gasteiger partial charge in [-0.2, -0.15) is 0 Å². The van der Waals surface area contributed by atoms with E-state index in [1.54, 1.807) is 0 Å². The summed E-state index contributed by atoms with van der Waals surface area (Å²) in [6.07, 6.45) is 1.23. The SMILES string of the molecule is CCC(CC)(c1ccc(C#CC(O)C(C)(C)C)c(C)c1)c1ccc(OCC(CO)CO)c(C)c1. The van der Waals surface area contributed by atoms with Gasteiger partial charge in [-0.25, -0.2) is 0 Å². The molecule has 186 valence electrons. The zero-order valence-corrected chi connectivity index (χ0v) is 21.9. The van der Waals surface area contributed by atoms with Crippen molar-refractivity contribution in [3.05, 3.63) is 64.2 Å². The second-order valence-corrected chi connectivity index (χ2v) is 10.4. The van der Waals surface area contributed by atoms with Gasteiger partial charge in [-0.15, -0.1) is 0 Å². The zero-order valence-electron chi connectivity index (χ0n) is 21.9. The van der Waals surface area contributed by atoms with Gasteiger partial charge in [0.05, 0.1) is 19.8 Å². The Morgan fingerprint density at radius 3 is 1.91 bits per heavy atom. The molecule has 0 saturated carbocycles. The van der Waals surface area contributed by atoms with E-state index in [2.05, 4.69) is 62.9 Å². The van der Waals surface area contributed by atoms with Crippen LogP contribution in [0.2, 0.25) is 0 Å². The van der Waals surface area contributed by atoms with E-state index in [9.17, 15) is 15.3 Å². The van der Waals surface area contributed by atoms with E-state index >= 15 is 0 Å². The highest BCUT2D eigenvalue weighted by Gasteiger charge is 2.31. The van der Waals surface area contributed by atoms with Gasteiger partial charge in [0.15, 0.2) is 0 Å². The van der Waals surface area contributed by atoms with Crippen molar-refractivity contribution in [2.45, 2.75) is 72.8 Å². The van der Waals surface area contributed by atoms with E-state index in [0.29, 0.717) is 0 Å². The van der Waals surface area contributed by atoms with Crippen LogP contribution in [0.5, 0.6) is 5.75 Å². The van der Waals surface area contributed by atoms with Crippen LogP contribution < -0.4 is 4.74 Å². The smallest absolute Gasteiger partial charge is 0.122 e. The summed E-state index contributed by atoms with van der Waals surface area (Å²) in [4.78, 5) is 0. The molecule has 2 aromatic carbocycles. The topological polar surface area (TPSA) is 69.9 Å². The van der Waals surface area contributed by atoms with Crippen molar-refractivity contribution in [2.24, 2.45) is 11.3 Å². The molecule has 2 aromatic rings. The van der Waals surface area contributed by atoms with Crippen molar-refractivity contribution in [1.82, 2.24) is 0 Å². The van der Waals surface area contributed by atoms with Crippen LogP contribution in [0.15, 0.2) is 36.4 Å². The molecule has 0 aliphatic carbocycles. The van der Waals surface area contributed by atoms with E-state index in [1.165, 1.54) is 11.1 Å². The summed E-state index contributed by atoms with van der Waals surface area (Å²) < 4.78 is 5.87. The number of hydrogen-bond donors (Lipinski definition) is 3. The Morgan fingerprint density at radius 1 is 0.882 bits per heavy atom. The second-order valence-electron chi connectivity index (χ2n) is 10.4. The third-order valence-electron chi connectivity index (χ3n) is 6.87. The maximum atomic E-state index is 10.3. The predicted molar refractivity (Wildman–Crippen MR) is 139 cm³/mol. The molecule has 0 heterocycles. The number of aliphatic hydroxyl groups excluding tert-OH is 3. The largest absolute Gasteiger partial charge is 0.493 e. The molecule has 34 heavy (non-hydrogen) atoms. The third kappa shape index (κ3) is 6.42. The molecular formula is C30H42O4. The zero-order chi connectivity index (χ0) is 25.5. The summed E-state index contributed by atoms with van der Waals surface area (Å²) in [5, 5.41) is 28.9. The van der Waals surface area contributed by atoms with E-state index in [-0.39, 0.29) is 36.6 Å². The second kappa shape index (κ2) is 11.9. The fourth-order valence-electron chi connectivity index (χ4n) is 4.18. The minimum atomic E-state index is -0.675. The van der Waals surface area contributed by atoms with E-state index in [4.69, 9.17) is 4.74 Å². The van der Waals surface area contributed by atoms with Crippen LogP contribution in [0.4, 0.5) is 0 Å². The predicted octanol–water partition coefficient (Wildman–Crippen LogP) is 5.15. The molecule has 0 bridgehead atoms. The van der Waals surface area contributed by atoms with E-state index in [0.717, 1.165) is 35.3 Å². The highest BCUT2D eigenvalue weighted by Crippen LogP contribution is 2.41. The van der Waals surface area contributed by atoms with Gasteiger partial charge in [-0.05, 0) is 66.5 Å². The van der Waals surface area contributed by atoms with Crippen LogP contribution in [0.25, 0.3) is 0 Å². The van der Waals surface area contributed by atoms with Gasteiger partial charge in [0.1, 0.15) is 11.9 Å². The highest BCUT2D eigenvalue weighted by atomic mass is 16.5. The number of aryl methyl sites for hydroxylation is 2. The first kappa shape index (κ1) is 27.9. The van der Waals surface area contributed by atoms with Crippen molar-refractivity contribution in [3.63, 3.8) is 0 Å². The molecule has 0 aliphatic heterocycles. The molecule has 0 aromatic heterocycles. The standard InChI is InChI=1S/C30H42O4/c1-8-30(9-2,26-13-14-27(22(4)17-26)34-20-23(18-31)19-32)25-12-10-24(21(3)16-25)11-15-28(33)29(5,6)7/h10,12-14,16-17,23,28,31-33H,8-9,18-20H2,1-7H3. The van der Waals surface area contributed by atoms with Gasteiger partial charge in [0.25, 0.3) is 0 Å². The molecule has 0 radical (unpaired) electrons. The summed E-state index contributed by atoms with van der Waals surface area (Å²) in [6.45, 7) is 14.6. The fraction of sp³-hybridized carbons (Fsp3) is 0.533. The van der Waals surface area contributed by atoms with E-state index in [1.807, 2.05) is 33.8 Å². The molecule has 4 heteroatoms. The fourth-order valence-corrected chi connectivity index (χ4v) is 4.18. The van der Waals surface area contributed by atoms with Crippen LogP contribution >= 0.6 is 0 Å². The molecule has 0 amide bonds. The van der Waals surface area contributed by atoms with Crippen LogP contribution in [0, 0.1) is 37.0 Å². The first-order chi connectivity index (χ1) is 16.0. The minimum absolute atomic E-state index is 0.0999. The Balaban J connectivity index is 2.38. The number of benzene rings is 2. The average Bonchev–Trinajstić information content (AvgIpc) is 2.80. The molecule has 4 nitrogen and oxygen atoms in total. The van der Waals surface area contributed by atoms with Gasteiger partial charge < -0.3 is 20.1 Å². The van der Waals surface area contributed by atoms with Crippen molar-refractivity contribution in [2.75, 3.05) is 19.8 Å². The van der Waals surface area contributed by atoms with Gasteiger partial charge in [-0.3, -0.25) is 0 Å². The third-order valence-corrected chi connectivity index (χ3v) is 6.87. The summed E-state index contributed by atoms with van der Waals surface area (Å²) in [7, 11) is 0. The molecule has 0 spiro atoms. The van der Waals surface area contributed by atoms with Crippen LogP contribution in [-0.2, 0) is 5.41 Å². The number of ether oxygens (including phenoxy) is 1. The quantitative estimate of drug-likeness (QED) is 0.447. The molecule has 0 fully saturated rings. The maximum absolute atomic E-state index is 10.3. The van der Waals surface area contributed by atoms with Crippen LogP contribution in [0.3, 0.4) is 0 Å². The van der Waals surface area contributed by atoms with Crippen molar-refractivity contribution >= 4 is 0 Å². The molecule has 2 rings (SSSR count). The number of hydrogen-bond acceptors (Lipinski definition) is 4. The lowest BCUT2D eigenvalue weighted by atomic mass is 9.70. The molecule has 1 atom stereocenters. The van der Waals surface area contributed by atoms with Crippen LogP contribution in [0.1, 0.15) is 75.3 Å².